The van der Waals surface area contributed by atoms with Crippen molar-refractivity contribution >= 4 is 16.5 Å². The highest BCUT2D eigenvalue weighted by atomic mass is 32.2. The molecule has 0 amide bonds. The van der Waals surface area contributed by atoms with Crippen LogP contribution in [-0.2, 0) is 15.9 Å². The summed E-state index contributed by atoms with van der Waals surface area (Å²) in [4.78, 5) is 10.6. The highest BCUT2D eigenvalue weighted by molar-refractivity contribution is 8.05. The highest BCUT2D eigenvalue weighted by Crippen LogP contribution is 2.09. The van der Waals surface area contributed by atoms with Crippen molar-refractivity contribution < 1.29 is 14.1 Å². The van der Waals surface area contributed by atoms with Crippen LogP contribution in [0.3, 0.4) is 0 Å². The summed E-state index contributed by atoms with van der Waals surface area (Å²) in [5.74, 6) is 0. The topological polar surface area (TPSA) is 49.4 Å². The highest BCUT2D eigenvalue weighted by Gasteiger charge is 2.23. The quantitative estimate of drug-likeness (QED) is 0.400. The Morgan fingerprint density at radius 2 is 1.90 bits per heavy atom. The minimum atomic E-state index is -1.52. The van der Waals surface area contributed by atoms with Crippen LogP contribution >= 0.6 is 0 Å². The third-order valence-corrected chi connectivity index (χ3v) is 1.18. The number of carbonyl (C=O) groups is 1. The molecular formula is C6H12O3S. The first-order chi connectivity index (χ1) is 4.33. The standard InChI is InChI=1S/C6H12O3S/c1-6(2,3)9-5(7)10(4)8/h1-4H3/t10-/m1/s1. The molecule has 3 nitrogen and oxygen atoms in total. The largest absolute Gasteiger partial charge is 0.606 e. The first-order valence-electron chi connectivity index (χ1n) is 2.89. The zero-order valence-corrected chi connectivity index (χ0v) is 7.45. The molecule has 0 bridgehead atoms. The van der Waals surface area contributed by atoms with Crippen LogP contribution in [0.25, 0.3) is 0 Å². The molecule has 0 spiro atoms. The summed E-state index contributed by atoms with van der Waals surface area (Å²) in [5, 5.41) is -0.660. The maximum absolute atomic E-state index is 10.6. The molecular weight excluding hydrogens is 152 g/mol. The van der Waals surface area contributed by atoms with Gasteiger partial charge in [0.2, 0.25) is 0 Å². The SMILES string of the molecule is C[S@@+]([O-])C(=O)OC(C)(C)C. The van der Waals surface area contributed by atoms with E-state index in [0.717, 1.165) is 0 Å². The molecule has 0 aromatic heterocycles. The Bertz CT molecular complexity index is 125. The van der Waals surface area contributed by atoms with Crippen molar-refractivity contribution in [1.29, 1.82) is 0 Å². The Morgan fingerprint density at radius 1 is 1.50 bits per heavy atom. The molecule has 0 fully saturated rings. The molecule has 0 N–H and O–H groups in total. The van der Waals surface area contributed by atoms with E-state index in [1.165, 1.54) is 6.26 Å². The third kappa shape index (κ3) is 4.64. The van der Waals surface area contributed by atoms with Crippen LogP contribution in [0, 0.1) is 0 Å². The second kappa shape index (κ2) is 3.25. The van der Waals surface area contributed by atoms with Gasteiger partial charge in [0.15, 0.2) is 0 Å². The lowest BCUT2D eigenvalue weighted by atomic mass is 10.2. The van der Waals surface area contributed by atoms with Crippen molar-refractivity contribution in [2.24, 2.45) is 0 Å². The maximum Gasteiger partial charge on any atom is 0.523 e. The minimum Gasteiger partial charge on any atom is -0.606 e. The fraction of sp³-hybridized carbons (Fsp3) is 0.833. The van der Waals surface area contributed by atoms with Gasteiger partial charge >= 0.3 is 5.30 Å². The molecule has 0 aliphatic carbocycles. The Labute approximate surface area is 63.9 Å². The number of rotatable bonds is 0. The lowest BCUT2D eigenvalue weighted by Crippen LogP contribution is -2.27. The number of carbonyl (C=O) groups excluding carboxylic acids is 1. The average Bonchev–Trinajstić information content (AvgIpc) is 1.60. The summed E-state index contributed by atoms with van der Waals surface area (Å²) in [7, 11) is 0. The van der Waals surface area contributed by atoms with Crippen molar-refractivity contribution in [2.45, 2.75) is 26.4 Å². The summed E-state index contributed by atoms with van der Waals surface area (Å²) < 4.78 is 15.2. The summed E-state index contributed by atoms with van der Waals surface area (Å²) in [6.07, 6.45) is 1.30. The Kier molecular flexibility index (Phi) is 3.18. The lowest BCUT2D eigenvalue weighted by molar-refractivity contribution is 0.0720. The lowest BCUT2D eigenvalue weighted by Gasteiger charge is -2.17. The van der Waals surface area contributed by atoms with E-state index in [9.17, 15) is 9.35 Å². The number of ether oxygens (including phenoxy) is 1. The van der Waals surface area contributed by atoms with Gasteiger partial charge in [0.25, 0.3) is 0 Å². The van der Waals surface area contributed by atoms with Crippen LogP contribution in [0.2, 0.25) is 0 Å². The average molecular weight is 164 g/mol. The van der Waals surface area contributed by atoms with Gasteiger partial charge in [-0.3, -0.25) is 0 Å². The Hall–Kier alpha value is -0.220. The Morgan fingerprint density at radius 3 is 2.00 bits per heavy atom. The molecule has 0 aromatic carbocycles. The molecule has 60 valence electrons. The maximum atomic E-state index is 10.6. The molecule has 0 aliphatic rings. The monoisotopic (exact) mass is 164 g/mol. The molecule has 0 aromatic rings. The van der Waals surface area contributed by atoms with Crippen molar-refractivity contribution in [1.82, 2.24) is 0 Å². The normalized spacial score (nSPS) is 14.5. The molecule has 1 atom stereocenters. The summed E-state index contributed by atoms with van der Waals surface area (Å²) in [6.45, 7) is 5.20. The van der Waals surface area contributed by atoms with Gasteiger partial charge in [0.05, 0.1) is 11.2 Å². The smallest absolute Gasteiger partial charge is 0.523 e. The van der Waals surface area contributed by atoms with E-state index in [1.807, 2.05) is 0 Å². The molecule has 0 heterocycles. The van der Waals surface area contributed by atoms with Gasteiger partial charge in [-0.25, -0.2) is 0 Å². The van der Waals surface area contributed by atoms with E-state index in [1.54, 1.807) is 20.8 Å². The molecule has 0 rings (SSSR count). The number of hydrogen-bond donors (Lipinski definition) is 0. The van der Waals surface area contributed by atoms with Crippen LogP contribution in [0.1, 0.15) is 20.8 Å². The van der Waals surface area contributed by atoms with Gasteiger partial charge in [-0.1, -0.05) is 0 Å². The van der Waals surface area contributed by atoms with Crippen molar-refractivity contribution in [3.8, 4) is 0 Å². The van der Waals surface area contributed by atoms with Gasteiger partial charge in [-0.15, -0.1) is 0 Å². The van der Waals surface area contributed by atoms with Crippen molar-refractivity contribution in [3.05, 3.63) is 0 Å². The van der Waals surface area contributed by atoms with Crippen LogP contribution < -0.4 is 0 Å². The fourth-order valence-electron chi connectivity index (χ4n) is 0.309. The van der Waals surface area contributed by atoms with Gasteiger partial charge < -0.3 is 9.29 Å². The van der Waals surface area contributed by atoms with Crippen LogP contribution in [0.5, 0.6) is 0 Å². The summed E-state index contributed by atoms with van der Waals surface area (Å²) in [5.41, 5.74) is -0.539. The van der Waals surface area contributed by atoms with Gasteiger partial charge in [-0.2, -0.15) is 4.79 Å². The molecule has 0 saturated carbocycles. The minimum absolute atomic E-state index is 0.539. The van der Waals surface area contributed by atoms with E-state index in [0.29, 0.717) is 0 Å². The van der Waals surface area contributed by atoms with Crippen LogP contribution in [0.4, 0.5) is 4.79 Å². The molecule has 10 heavy (non-hydrogen) atoms. The second-order valence-corrected chi connectivity index (χ2v) is 4.16. The Balaban J connectivity index is 3.81. The van der Waals surface area contributed by atoms with Gasteiger partial charge in [0, 0.05) is 0 Å². The summed E-state index contributed by atoms with van der Waals surface area (Å²) in [6, 6.07) is 0. The van der Waals surface area contributed by atoms with E-state index >= 15 is 0 Å². The van der Waals surface area contributed by atoms with Crippen molar-refractivity contribution in [3.63, 3.8) is 0 Å². The number of hydrogen-bond acceptors (Lipinski definition) is 3. The predicted molar refractivity (Wildman–Crippen MR) is 40.3 cm³/mol. The van der Waals surface area contributed by atoms with Gasteiger partial charge in [0.1, 0.15) is 11.9 Å². The predicted octanol–water partition coefficient (Wildman–Crippen LogP) is 1.30. The molecule has 0 radical (unpaired) electrons. The first kappa shape index (κ1) is 9.78. The van der Waals surface area contributed by atoms with E-state index in [2.05, 4.69) is 0 Å². The molecule has 4 heteroatoms. The molecule has 0 unspecified atom stereocenters. The summed E-state index contributed by atoms with van der Waals surface area (Å²) >= 11 is -1.52. The van der Waals surface area contributed by atoms with E-state index in [4.69, 9.17) is 4.74 Å². The van der Waals surface area contributed by atoms with Crippen molar-refractivity contribution in [2.75, 3.05) is 6.26 Å². The molecule has 0 aliphatic heterocycles. The zero-order chi connectivity index (χ0) is 8.36. The fourth-order valence-corrected chi connectivity index (χ4v) is 0.676. The third-order valence-electron chi connectivity index (χ3n) is 0.624. The first-order valence-corrected chi connectivity index (χ1v) is 4.45. The zero-order valence-electron chi connectivity index (χ0n) is 6.63. The second-order valence-electron chi connectivity index (χ2n) is 2.92. The van der Waals surface area contributed by atoms with Crippen LogP contribution in [-0.4, -0.2) is 21.7 Å². The molecule has 0 saturated heterocycles. The van der Waals surface area contributed by atoms with Crippen LogP contribution in [0.15, 0.2) is 0 Å². The van der Waals surface area contributed by atoms with E-state index in [-0.39, 0.29) is 0 Å². The van der Waals surface area contributed by atoms with E-state index < -0.39 is 22.1 Å². The van der Waals surface area contributed by atoms with Gasteiger partial charge in [-0.05, 0) is 20.8 Å².